The Kier molecular flexibility index (Phi) is 5.43. The number of hydrogen-bond acceptors (Lipinski definition) is 7. The van der Waals surface area contributed by atoms with Crippen LogP contribution in [0, 0.1) is 12.8 Å². The van der Waals surface area contributed by atoms with Gasteiger partial charge in [-0.1, -0.05) is 30.0 Å². The van der Waals surface area contributed by atoms with E-state index in [9.17, 15) is 13.2 Å². The predicted molar refractivity (Wildman–Crippen MR) is 95.3 cm³/mol. The summed E-state index contributed by atoms with van der Waals surface area (Å²) in [6.45, 7) is 1.93. The molecule has 1 amide bonds. The van der Waals surface area contributed by atoms with Crippen LogP contribution in [0.15, 0.2) is 33.9 Å². The molecule has 9 heteroatoms. The lowest BCUT2D eigenvalue weighted by Gasteiger charge is -2.06. The molecule has 1 saturated heterocycles. The maximum atomic E-state index is 12.0. The molecule has 1 N–H and O–H groups in total. The Morgan fingerprint density at radius 2 is 2.16 bits per heavy atom. The van der Waals surface area contributed by atoms with Crippen LogP contribution in [0.3, 0.4) is 0 Å². The van der Waals surface area contributed by atoms with Crippen molar-refractivity contribution in [3.63, 3.8) is 0 Å². The van der Waals surface area contributed by atoms with Crippen molar-refractivity contribution in [2.75, 3.05) is 22.6 Å². The number of aryl methyl sites for hydroxylation is 1. The van der Waals surface area contributed by atoms with E-state index >= 15 is 0 Å². The number of hydrogen-bond donors (Lipinski definition) is 1. The van der Waals surface area contributed by atoms with Crippen LogP contribution >= 0.6 is 11.8 Å². The second-order valence-corrected chi connectivity index (χ2v) is 9.24. The molecule has 25 heavy (non-hydrogen) atoms. The molecule has 1 aliphatic rings. The number of carbonyl (C=O) groups is 1. The number of carbonyl (C=O) groups excluding carboxylic acids is 1. The van der Waals surface area contributed by atoms with Crippen LogP contribution in [0.4, 0.5) is 5.69 Å². The van der Waals surface area contributed by atoms with E-state index in [1.807, 2.05) is 31.2 Å². The smallest absolute Gasteiger partial charge is 0.277 e. The van der Waals surface area contributed by atoms with Crippen molar-refractivity contribution in [2.24, 2.45) is 5.92 Å². The summed E-state index contributed by atoms with van der Waals surface area (Å²) in [5, 5.41) is 11.0. The van der Waals surface area contributed by atoms with Crippen molar-refractivity contribution in [1.29, 1.82) is 0 Å². The average molecular weight is 381 g/mol. The van der Waals surface area contributed by atoms with Crippen molar-refractivity contribution in [3.05, 3.63) is 35.7 Å². The molecule has 0 radical (unpaired) electrons. The minimum absolute atomic E-state index is 0.0349. The first-order valence-electron chi connectivity index (χ1n) is 7.92. The van der Waals surface area contributed by atoms with Crippen molar-refractivity contribution < 1.29 is 17.6 Å². The molecule has 0 spiro atoms. The molecule has 0 bridgehead atoms. The molecule has 0 unspecified atom stereocenters. The molecule has 1 atom stereocenters. The van der Waals surface area contributed by atoms with Gasteiger partial charge in [0.05, 0.1) is 17.3 Å². The van der Waals surface area contributed by atoms with Crippen LogP contribution in [-0.4, -0.2) is 41.8 Å². The van der Waals surface area contributed by atoms with Gasteiger partial charge < -0.3 is 9.73 Å². The summed E-state index contributed by atoms with van der Waals surface area (Å²) in [6.07, 6.45) is 1.09. The van der Waals surface area contributed by atoms with Gasteiger partial charge in [-0.05, 0) is 30.9 Å². The van der Waals surface area contributed by atoms with Gasteiger partial charge in [-0.2, -0.15) is 0 Å². The van der Waals surface area contributed by atoms with E-state index in [1.165, 1.54) is 0 Å². The SMILES string of the molecule is Cc1ccccc1NC(=O)CSc1nnc(C[C@@H]2CCS(=O)(=O)C2)o1. The zero-order valence-electron chi connectivity index (χ0n) is 13.8. The van der Waals surface area contributed by atoms with Crippen molar-refractivity contribution >= 4 is 33.2 Å². The molecular formula is C16H19N3O4S2. The molecule has 134 valence electrons. The molecule has 1 fully saturated rings. The number of anilines is 1. The highest BCUT2D eigenvalue weighted by atomic mass is 32.2. The maximum Gasteiger partial charge on any atom is 0.277 e. The Labute approximate surface area is 150 Å². The molecule has 1 aromatic heterocycles. The Morgan fingerprint density at radius 3 is 2.88 bits per heavy atom. The van der Waals surface area contributed by atoms with Crippen molar-refractivity contribution in [1.82, 2.24) is 10.2 Å². The molecule has 2 heterocycles. The number of thioether (sulfide) groups is 1. The summed E-state index contributed by atoms with van der Waals surface area (Å²) in [4.78, 5) is 12.0. The van der Waals surface area contributed by atoms with Gasteiger partial charge in [0, 0.05) is 12.1 Å². The summed E-state index contributed by atoms with van der Waals surface area (Å²) >= 11 is 1.16. The lowest BCUT2D eigenvalue weighted by molar-refractivity contribution is -0.113. The standard InChI is InChI=1S/C16H19N3O4S2/c1-11-4-2-3-5-13(11)17-14(20)9-24-16-19-18-15(23-16)8-12-6-7-25(21,22)10-12/h2-5,12H,6-10H2,1H3,(H,17,20)/t12-/m0/s1. The fourth-order valence-electron chi connectivity index (χ4n) is 2.69. The fraction of sp³-hybridized carbons (Fsp3) is 0.438. The lowest BCUT2D eigenvalue weighted by Crippen LogP contribution is -2.14. The number of rotatable bonds is 6. The van der Waals surface area contributed by atoms with Crippen LogP contribution in [0.25, 0.3) is 0 Å². The van der Waals surface area contributed by atoms with Gasteiger partial charge in [0.2, 0.25) is 11.8 Å². The first-order chi connectivity index (χ1) is 11.9. The number of nitrogens with one attached hydrogen (secondary N) is 1. The second-order valence-electron chi connectivity index (χ2n) is 6.09. The van der Waals surface area contributed by atoms with E-state index in [-0.39, 0.29) is 29.1 Å². The summed E-state index contributed by atoms with van der Waals surface area (Å²) in [5.74, 6) is 0.870. The monoisotopic (exact) mass is 381 g/mol. The Bertz CT molecular complexity index is 864. The lowest BCUT2D eigenvalue weighted by atomic mass is 10.1. The summed E-state index contributed by atoms with van der Waals surface area (Å²) < 4.78 is 28.4. The molecule has 0 aliphatic carbocycles. The summed E-state index contributed by atoms with van der Waals surface area (Å²) in [6, 6.07) is 7.55. The first-order valence-corrected chi connectivity index (χ1v) is 10.7. The summed E-state index contributed by atoms with van der Waals surface area (Å²) in [7, 11) is -2.91. The van der Waals surface area contributed by atoms with Crippen LogP contribution < -0.4 is 5.32 Å². The van der Waals surface area contributed by atoms with Gasteiger partial charge in [0.1, 0.15) is 0 Å². The van der Waals surface area contributed by atoms with Gasteiger partial charge in [-0.15, -0.1) is 10.2 Å². The number of aromatic nitrogens is 2. The number of amides is 1. The molecule has 2 aromatic rings. The van der Waals surface area contributed by atoms with E-state index in [0.29, 0.717) is 24.0 Å². The maximum absolute atomic E-state index is 12.0. The minimum Gasteiger partial charge on any atom is -0.416 e. The molecular weight excluding hydrogens is 362 g/mol. The van der Waals surface area contributed by atoms with Gasteiger partial charge in [0.25, 0.3) is 5.22 Å². The third kappa shape index (κ3) is 5.05. The zero-order chi connectivity index (χ0) is 17.9. The fourth-order valence-corrected chi connectivity index (χ4v) is 5.13. The average Bonchev–Trinajstić information content (AvgIpc) is 3.14. The predicted octanol–water partition coefficient (Wildman–Crippen LogP) is 2.09. The Hall–Kier alpha value is -1.87. The van der Waals surface area contributed by atoms with Gasteiger partial charge >= 0.3 is 0 Å². The largest absolute Gasteiger partial charge is 0.416 e. The van der Waals surface area contributed by atoms with Crippen LogP contribution in [0.2, 0.25) is 0 Å². The highest BCUT2D eigenvalue weighted by molar-refractivity contribution is 7.99. The number of sulfone groups is 1. The second kappa shape index (κ2) is 7.57. The molecule has 7 nitrogen and oxygen atoms in total. The molecule has 0 saturated carbocycles. The third-order valence-corrected chi connectivity index (χ3v) is 6.64. The quantitative estimate of drug-likeness (QED) is 0.764. The van der Waals surface area contributed by atoms with Gasteiger partial charge in [-0.25, -0.2) is 8.42 Å². The Morgan fingerprint density at radius 1 is 1.36 bits per heavy atom. The van der Waals surface area contributed by atoms with Gasteiger partial charge in [0.15, 0.2) is 9.84 Å². The van der Waals surface area contributed by atoms with Crippen LogP contribution in [-0.2, 0) is 21.1 Å². The number of para-hydroxylation sites is 1. The van der Waals surface area contributed by atoms with Crippen LogP contribution in [0.5, 0.6) is 0 Å². The normalized spacial score (nSPS) is 19.0. The van der Waals surface area contributed by atoms with Crippen LogP contribution in [0.1, 0.15) is 17.9 Å². The number of nitrogens with zero attached hydrogens (tertiary/aromatic N) is 2. The van der Waals surface area contributed by atoms with Gasteiger partial charge in [-0.3, -0.25) is 4.79 Å². The topological polar surface area (TPSA) is 102 Å². The van der Waals surface area contributed by atoms with E-state index in [0.717, 1.165) is 23.0 Å². The highest BCUT2D eigenvalue weighted by Crippen LogP contribution is 2.24. The first kappa shape index (κ1) is 17.9. The molecule has 1 aliphatic heterocycles. The number of benzene rings is 1. The Balaban J connectivity index is 1.48. The minimum atomic E-state index is -2.91. The zero-order valence-corrected chi connectivity index (χ0v) is 15.4. The third-order valence-electron chi connectivity index (χ3n) is 3.98. The van der Waals surface area contributed by atoms with E-state index in [1.54, 1.807) is 0 Å². The van der Waals surface area contributed by atoms with E-state index < -0.39 is 9.84 Å². The van der Waals surface area contributed by atoms with Crippen molar-refractivity contribution in [3.8, 4) is 0 Å². The van der Waals surface area contributed by atoms with Crippen molar-refractivity contribution in [2.45, 2.75) is 25.0 Å². The molecule has 1 aromatic carbocycles. The summed E-state index contributed by atoms with van der Waals surface area (Å²) in [5.41, 5.74) is 1.77. The highest BCUT2D eigenvalue weighted by Gasteiger charge is 2.29. The van der Waals surface area contributed by atoms with E-state index in [4.69, 9.17) is 4.42 Å². The van der Waals surface area contributed by atoms with E-state index in [2.05, 4.69) is 15.5 Å². The molecule has 3 rings (SSSR count).